The van der Waals surface area contributed by atoms with Crippen LogP contribution in [0.4, 0.5) is 0 Å². The largest absolute Gasteiger partial charge is 0.457 e. The molecule has 0 bridgehead atoms. The quantitative estimate of drug-likeness (QED) is 0.437. The Morgan fingerprint density at radius 3 is 1.78 bits per heavy atom. The van der Waals surface area contributed by atoms with Crippen LogP contribution < -0.4 is 4.74 Å². The molecule has 0 aliphatic carbocycles. The molecule has 3 aromatic carbocycles. The second-order valence-corrected chi connectivity index (χ2v) is 6.46. The van der Waals surface area contributed by atoms with Gasteiger partial charge in [-0.2, -0.15) is 0 Å². The number of hydrogen-bond donors (Lipinski definition) is 0. The molecule has 0 N–H and O–H groups in total. The molecule has 0 aliphatic heterocycles. The van der Waals surface area contributed by atoms with E-state index in [0.29, 0.717) is 0 Å². The number of benzene rings is 3. The number of rotatable bonds is 4. The van der Waals surface area contributed by atoms with Crippen molar-refractivity contribution < 1.29 is 4.74 Å². The monoisotopic (exact) mass is 352 g/mol. The summed E-state index contributed by atoms with van der Waals surface area (Å²) in [7, 11) is 0. The van der Waals surface area contributed by atoms with Gasteiger partial charge in [0, 0.05) is 11.8 Å². The van der Waals surface area contributed by atoms with Crippen LogP contribution in [-0.4, -0.2) is 9.97 Å². The lowest BCUT2D eigenvalue weighted by atomic mass is 10.1. The molecule has 0 fully saturated rings. The van der Waals surface area contributed by atoms with Crippen molar-refractivity contribution in [1.82, 2.24) is 9.97 Å². The van der Waals surface area contributed by atoms with Gasteiger partial charge in [-0.05, 0) is 61.4 Å². The fraction of sp³-hybridized carbons (Fsp3) is 0.0833. The highest BCUT2D eigenvalue weighted by Gasteiger charge is 2.06. The van der Waals surface area contributed by atoms with Crippen LogP contribution in [0.2, 0.25) is 0 Å². The number of hydrogen-bond acceptors (Lipinski definition) is 3. The molecule has 0 atom stereocenters. The standard InChI is InChI=1S/C24H20N2O/c1-17-16-25-24(18(2)26-17)21-10-14-23(15-11-21)27-22-12-8-20(9-13-22)19-6-4-3-5-7-19/h3-16H,1-2H3. The van der Waals surface area contributed by atoms with Crippen LogP contribution in [0, 0.1) is 13.8 Å². The Balaban J connectivity index is 1.50. The molecule has 0 unspecified atom stereocenters. The van der Waals surface area contributed by atoms with E-state index in [4.69, 9.17) is 4.74 Å². The third kappa shape index (κ3) is 3.87. The van der Waals surface area contributed by atoms with E-state index in [9.17, 15) is 0 Å². The molecule has 4 aromatic rings. The van der Waals surface area contributed by atoms with Gasteiger partial charge in [0.15, 0.2) is 0 Å². The van der Waals surface area contributed by atoms with Crippen LogP contribution in [-0.2, 0) is 0 Å². The van der Waals surface area contributed by atoms with Crippen molar-refractivity contribution in [3.05, 3.63) is 96.4 Å². The lowest BCUT2D eigenvalue weighted by Gasteiger charge is -2.09. The van der Waals surface area contributed by atoms with E-state index in [1.807, 2.05) is 68.4 Å². The first kappa shape index (κ1) is 17.0. The van der Waals surface area contributed by atoms with Gasteiger partial charge in [0.25, 0.3) is 0 Å². The topological polar surface area (TPSA) is 35.0 Å². The molecule has 0 aliphatic rings. The molecule has 27 heavy (non-hydrogen) atoms. The Hall–Kier alpha value is -3.46. The summed E-state index contributed by atoms with van der Waals surface area (Å²) in [6.07, 6.45) is 1.79. The average molecular weight is 352 g/mol. The highest BCUT2D eigenvalue weighted by molar-refractivity contribution is 5.64. The Morgan fingerprint density at radius 1 is 0.630 bits per heavy atom. The lowest BCUT2D eigenvalue weighted by molar-refractivity contribution is 0.483. The molecule has 4 rings (SSSR count). The van der Waals surface area contributed by atoms with E-state index in [0.717, 1.165) is 34.1 Å². The van der Waals surface area contributed by atoms with Gasteiger partial charge >= 0.3 is 0 Å². The Morgan fingerprint density at radius 2 is 1.19 bits per heavy atom. The number of aryl methyl sites for hydroxylation is 2. The van der Waals surface area contributed by atoms with E-state index in [2.05, 4.69) is 34.2 Å². The van der Waals surface area contributed by atoms with E-state index in [1.165, 1.54) is 11.1 Å². The number of aromatic nitrogens is 2. The molecule has 3 heteroatoms. The summed E-state index contributed by atoms with van der Waals surface area (Å²) in [5.41, 5.74) is 6.16. The molecular weight excluding hydrogens is 332 g/mol. The average Bonchev–Trinajstić information content (AvgIpc) is 2.70. The van der Waals surface area contributed by atoms with Crippen LogP contribution in [0.5, 0.6) is 11.5 Å². The fourth-order valence-corrected chi connectivity index (χ4v) is 3.04. The van der Waals surface area contributed by atoms with E-state index in [-0.39, 0.29) is 0 Å². The van der Waals surface area contributed by atoms with Crippen LogP contribution in [0.25, 0.3) is 22.4 Å². The zero-order chi connectivity index (χ0) is 18.6. The van der Waals surface area contributed by atoms with Gasteiger partial charge in [-0.15, -0.1) is 0 Å². The molecule has 0 radical (unpaired) electrons. The summed E-state index contributed by atoms with van der Waals surface area (Å²) in [6, 6.07) is 26.4. The summed E-state index contributed by atoms with van der Waals surface area (Å²) in [5.74, 6) is 1.61. The van der Waals surface area contributed by atoms with Crippen LogP contribution in [0.1, 0.15) is 11.4 Å². The minimum absolute atomic E-state index is 0.795. The highest BCUT2D eigenvalue weighted by atomic mass is 16.5. The maximum Gasteiger partial charge on any atom is 0.127 e. The predicted molar refractivity (Wildman–Crippen MR) is 109 cm³/mol. The molecule has 3 nitrogen and oxygen atoms in total. The van der Waals surface area contributed by atoms with E-state index >= 15 is 0 Å². The van der Waals surface area contributed by atoms with Crippen molar-refractivity contribution in [2.24, 2.45) is 0 Å². The van der Waals surface area contributed by atoms with Crippen molar-refractivity contribution in [2.75, 3.05) is 0 Å². The third-order valence-electron chi connectivity index (χ3n) is 4.39. The normalized spacial score (nSPS) is 10.6. The van der Waals surface area contributed by atoms with Gasteiger partial charge in [0.05, 0.1) is 17.1 Å². The van der Waals surface area contributed by atoms with Gasteiger partial charge < -0.3 is 4.74 Å². The molecule has 0 spiro atoms. The third-order valence-corrected chi connectivity index (χ3v) is 4.39. The maximum atomic E-state index is 5.97. The first-order valence-corrected chi connectivity index (χ1v) is 8.93. The first-order valence-electron chi connectivity index (χ1n) is 8.93. The van der Waals surface area contributed by atoms with Crippen molar-refractivity contribution in [1.29, 1.82) is 0 Å². The predicted octanol–water partition coefficient (Wildman–Crippen LogP) is 6.22. The molecule has 132 valence electrons. The summed E-state index contributed by atoms with van der Waals surface area (Å²) in [5, 5.41) is 0. The van der Waals surface area contributed by atoms with Crippen molar-refractivity contribution >= 4 is 0 Å². The van der Waals surface area contributed by atoms with Gasteiger partial charge in [-0.1, -0.05) is 42.5 Å². The van der Waals surface area contributed by atoms with E-state index in [1.54, 1.807) is 6.20 Å². The first-order chi connectivity index (χ1) is 13.2. The van der Waals surface area contributed by atoms with Crippen LogP contribution in [0.3, 0.4) is 0 Å². The van der Waals surface area contributed by atoms with Gasteiger partial charge in [-0.3, -0.25) is 9.97 Å². The van der Waals surface area contributed by atoms with E-state index < -0.39 is 0 Å². The summed E-state index contributed by atoms with van der Waals surface area (Å²) >= 11 is 0. The molecule has 1 aromatic heterocycles. The smallest absolute Gasteiger partial charge is 0.127 e. The van der Waals surface area contributed by atoms with Crippen LogP contribution >= 0.6 is 0 Å². The van der Waals surface area contributed by atoms with Crippen molar-refractivity contribution in [3.63, 3.8) is 0 Å². The lowest BCUT2D eigenvalue weighted by Crippen LogP contribution is -1.94. The summed E-state index contributed by atoms with van der Waals surface area (Å²) in [4.78, 5) is 8.98. The molecule has 0 saturated heterocycles. The Bertz CT molecular complexity index is 1040. The summed E-state index contributed by atoms with van der Waals surface area (Å²) in [6.45, 7) is 3.93. The molecule has 0 saturated carbocycles. The zero-order valence-corrected chi connectivity index (χ0v) is 15.4. The second kappa shape index (κ2) is 7.42. The second-order valence-electron chi connectivity index (χ2n) is 6.46. The van der Waals surface area contributed by atoms with Gasteiger partial charge in [0.2, 0.25) is 0 Å². The fourth-order valence-electron chi connectivity index (χ4n) is 3.04. The van der Waals surface area contributed by atoms with Crippen molar-refractivity contribution in [3.8, 4) is 33.9 Å². The Labute approximate surface area is 159 Å². The van der Waals surface area contributed by atoms with Gasteiger partial charge in [-0.25, -0.2) is 0 Å². The molecule has 0 amide bonds. The summed E-state index contributed by atoms with van der Waals surface area (Å²) < 4.78 is 5.97. The zero-order valence-electron chi connectivity index (χ0n) is 15.4. The Kier molecular flexibility index (Phi) is 4.67. The minimum atomic E-state index is 0.795. The van der Waals surface area contributed by atoms with Crippen LogP contribution in [0.15, 0.2) is 85.1 Å². The minimum Gasteiger partial charge on any atom is -0.457 e. The molecule has 1 heterocycles. The van der Waals surface area contributed by atoms with Crippen molar-refractivity contribution in [2.45, 2.75) is 13.8 Å². The molecular formula is C24H20N2O. The maximum absolute atomic E-state index is 5.97. The SMILES string of the molecule is Cc1cnc(-c2ccc(Oc3ccc(-c4ccccc4)cc3)cc2)c(C)n1. The van der Waals surface area contributed by atoms with Gasteiger partial charge in [0.1, 0.15) is 11.5 Å². The number of nitrogens with zero attached hydrogens (tertiary/aromatic N) is 2. The highest BCUT2D eigenvalue weighted by Crippen LogP contribution is 2.28. The number of ether oxygens (including phenoxy) is 1.